The lowest BCUT2D eigenvalue weighted by Crippen LogP contribution is -2.39. The van der Waals surface area contributed by atoms with E-state index < -0.39 is 6.10 Å². The number of benzene rings is 2. The highest BCUT2D eigenvalue weighted by atomic mass is 16.5. The van der Waals surface area contributed by atoms with Crippen LogP contribution in [0.5, 0.6) is 5.75 Å². The zero-order valence-electron chi connectivity index (χ0n) is 18.6. The van der Waals surface area contributed by atoms with Crippen molar-refractivity contribution in [1.29, 1.82) is 0 Å². The number of aliphatic hydroxyl groups excluding tert-OH is 1. The first-order valence-electron chi connectivity index (χ1n) is 10.6. The first kappa shape index (κ1) is 23.7. The summed E-state index contributed by atoms with van der Waals surface area (Å²) in [4.78, 5) is 4.67. The Morgan fingerprint density at radius 1 is 1.00 bits per heavy atom. The molecule has 0 heterocycles. The fourth-order valence-corrected chi connectivity index (χ4v) is 2.89. The summed E-state index contributed by atoms with van der Waals surface area (Å²) in [7, 11) is 0. The maximum atomic E-state index is 10.5. The van der Waals surface area contributed by atoms with Gasteiger partial charge in [-0.3, -0.25) is 0 Å². The van der Waals surface area contributed by atoms with Crippen molar-refractivity contribution in [2.45, 2.75) is 40.3 Å². The average Bonchev–Trinajstić information content (AvgIpc) is 2.74. The van der Waals surface area contributed by atoms with Crippen LogP contribution in [0.15, 0.2) is 47.5 Å². The van der Waals surface area contributed by atoms with E-state index in [1.165, 1.54) is 5.56 Å². The monoisotopic (exact) mass is 413 g/mol. The van der Waals surface area contributed by atoms with Gasteiger partial charge in [0.25, 0.3) is 0 Å². The van der Waals surface area contributed by atoms with E-state index in [2.05, 4.69) is 21.7 Å². The molecule has 1 unspecified atom stereocenters. The summed E-state index contributed by atoms with van der Waals surface area (Å²) in [6.07, 6.45) is -0.605. The summed E-state index contributed by atoms with van der Waals surface area (Å²) in [5, 5.41) is 16.9. The number of guanidine groups is 1. The molecule has 30 heavy (non-hydrogen) atoms. The predicted octanol–water partition coefficient (Wildman–Crippen LogP) is 3.51. The average molecular weight is 414 g/mol. The molecule has 0 bridgehead atoms. The van der Waals surface area contributed by atoms with Crippen LogP contribution in [0.25, 0.3) is 0 Å². The molecule has 3 N–H and O–H groups in total. The molecule has 1 atom stereocenters. The van der Waals surface area contributed by atoms with Gasteiger partial charge in [-0.2, -0.15) is 0 Å². The maximum Gasteiger partial charge on any atom is 0.191 e. The summed E-state index contributed by atoms with van der Waals surface area (Å²) in [5.41, 5.74) is 4.20. The number of nitrogens with zero attached hydrogens (tertiary/aromatic N) is 1. The zero-order valence-corrected chi connectivity index (χ0v) is 18.6. The molecule has 0 saturated carbocycles. The summed E-state index contributed by atoms with van der Waals surface area (Å²) in [6, 6.07) is 14.0. The van der Waals surface area contributed by atoms with Gasteiger partial charge in [-0.15, -0.1) is 0 Å². The van der Waals surface area contributed by atoms with Gasteiger partial charge in [-0.05, 0) is 44.9 Å². The van der Waals surface area contributed by atoms with Crippen molar-refractivity contribution in [3.05, 3.63) is 64.7 Å². The molecule has 0 saturated heterocycles. The Labute approximate surface area is 180 Å². The number of hydrogen-bond acceptors (Lipinski definition) is 4. The first-order chi connectivity index (χ1) is 14.5. The second-order valence-corrected chi connectivity index (χ2v) is 7.16. The molecule has 0 fully saturated rings. The molecule has 0 aliphatic carbocycles. The van der Waals surface area contributed by atoms with Crippen LogP contribution >= 0.6 is 0 Å². The lowest BCUT2D eigenvalue weighted by atomic mass is 10.1. The predicted molar refractivity (Wildman–Crippen MR) is 122 cm³/mol. The molecule has 2 rings (SSSR count). The van der Waals surface area contributed by atoms with Crippen LogP contribution in [0.3, 0.4) is 0 Å². The third kappa shape index (κ3) is 8.05. The van der Waals surface area contributed by atoms with E-state index in [1.54, 1.807) is 0 Å². The number of nitrogens with one attached hydrogen (secondary N) is 2. The van der Waals surface area contributed by atoms with Crippen LogP contribution in [-0.4, -0.2) is 44.0 Å². The van der Waals surface area contributed by atoms with Crippen LogP contribution in [-0.2, 0) is 11.3 Å². The molecule has 0 aromatic heterocycles. The highest BCUT2D eigenvalue weighted by Gasteiger charge is 2.09. The third-order valence-electron chi connectivity index (χ3n) is 4.59. The molecule has 0 aliphatic heterocycles. The molecular weight excluding hydrogens is 378 g/mol. The highest BCUT2D eigenvalue weighted by molar-refractivity contribution is 5.79. The molecule has 2 aromatic rings. The van der Waals surface area contributed by atoms with Crippen molar-refractivity contribution in [3.63, 3.8) is 0 Å². The van der Waals surface area contributed by atoms with Gasteiger partial charge >= 0.3 is 0 Å². The lowest BCUT2D eigenvalue weighted by molar-refractivity contribution is 0.110. The second kappa shape index (κ2) is 12.9. The zero-order chi connectivity index (χ0) is 21.8. The second-order valence-electron chi connectivity index (χ2n) is 7.16. The molecule has 6 nitrogen and oxygen atoms in total. The quantitative estimate of drug-likeness (QED) is 0.299. The molecule has 0 spiro atoms. The summed E-state index contributed by atoms with van der Waals surface area (Å²) < 4.78 is 11.3. The van der Waals surface area contributed by atoms with E-state index in [4.69, 9.17) is 9.47 Å². The van der Waals surface area contributed by atoms with Gasteiger partial charge in [0.2, 0.25) is 0 Å². The van der Waals surface area contributed by atoms with Gasteiger partial charge in [0.15, 0.2) is 5.96 Å². The van der Waals surface area contributed by atoms with Gasteiger partial charge in [-0.25, -0.2) is 4.99 Å². The number of rotatable bonds is 11. The van der Waals surface area contributed by atoms with Crippen molar-refractivity contribution in [1.82, 2.24) is 10.6 Å². The van der Waals surface area contributed by atoms with E-state index in [1.807, 2.05) is 64.1 Å². The largest absolute Gasteiger partial charge is 0.491 e. The minimum absolute atomic E-state index is 0.376. The summed E-state index contributed by atoms with van der Waals surface area (Å²) in [6.45, 7) is 11.4. The number of hydrogen-bond donors (Lipinski definition) is 3. The highest BCUT2D eigenvalue weighted by Crippen LogP contribution is 2.21. The summed E-state index contributed by atoms with van der Waals surface area (Å²) in [5.74, 6) is 1.48. The Kier molecular flexibility index (Phi) is 10.2. The first-order valence-corrected chi connectivity index (χ1v) is 10.6. The fraction of sp³-hybridized carbons (Fsp3) is 0.458. The Hall–Kier alpha value is -2.57. The maximum absolute atomic E-state index is 10.5. The minimum atomic E-state index is -0.605. The van der Waals surface area contributed by atoms with Crippen molar-refractivity contribution >= 4 is 5.96 Å². The number of aliphatic hydroxyl groups is 1. The molecular formula is C24H35N3O3. The Balaban J connectivity index is 2.00. The molecule has 0 amide bonds. The van der Waals surface area contributed by atoms with E-state index >= 15 is 0 Å². The Morgan fingerprint density at radius 2 is 1.73 bits per heavy atom. The number of ether oxygens (including phenoxy) is 2. The molecule has 6 heteroatoms. The van der Waals surface area contributed by atoms with Crippen LogP contribution in [0.1, 0.15) is 42.2 Å². The van der Waals surface area contributed by atoms with Gasteiger partial charge in [-0.1, -0.05) is 42.0 Å². The van der Waals surface area contributed by atoms with E-state index in [9.17, 15) is 5.11 Å². The molecule has 0 radical (unpaired) electrons. The van der Waals surface area contributed by atoms with Gasteiger partial charge < -0.3 is 25.2 Å². The normalized spacial score (nSPS) is 12.5. The topological polar surface area (TPSA) is 75.1 Å². The Bertz CT molecular complexity index is 791. The van der Waals surface area contributed by atoms with Crippen molar-refractivity contribution in [3.8, 4) is 5.75 Å². The lowest BCUT2D eigenvalue weighted by Gasteiger charge is -2.16. The van der Waals surface area contributed by atoms with Crippen molar-refractivity contribution < 1.29 is 14.6 Å². The third-order valence-corrected chi connectivity index (χ3v) is 4.59. The van der Waals surface area contributed by atoms with Crippen LogP contribution in [0, 0.1) is 13.8 Å². The Morgan fingerprint density at radius 3 is 2.43 bits per heavy atom. The van der Waals surface area contributed by atoms with E-state index in [0.717, 1.165) is 29.0 Å². The van der Waals surface area contributed by atoms with E-state index in [0.29, 0.717) is 38.9 Å². The SMILES string of the molecule is CCNC(=NCc1ccc(C)cc1OCCOCC)NCC(O)c1ccc(C)cc1. The number of aryl methyl sites for hydroxylation is 2. The minimum Gasteiger partial charge on any atom is -0.491 e. The van der Waals surface area contributed by atoms with Gasteiger partial charge in [0, 0.05) is 25.3 Å². The van der Waals surface area contributed by atoms with Crippen molar-refractivity contribution in [2.75, 3.05) is 32.9 Å². The van der Waals surface area contributed by atoms with E-state index in [-0.39, 0.29) is 0 Å². The molecule has 2 aromatic carbocycles. The standard InChI is InChI=1S/C24H35N3O3/c1-5-25-24(27-17-22(28)20-10-7-18(3)8-11-20)26-16-21-12-9-19(4)15-23(21)30-14-13-29-6-2/h7-12,15,22,28H,5-6,13-14,16-17H2,1-4H3,(H2,25,26,27). The molecule has 0 aliphatic rings. The van der Waals surface area contributed by atoms with Crippen LogP contribution in [0.2, 0.25) is 0 Å². The number of aliphatic imine (C=N–C) groups is 1. The van der Waals surface area contributed by atoms with Crippen LogP contribution < -0.4 is 15.4 Å². The van der Waals surface area contributed by atoms with Crippen LogP contribution in [0.4, 0.5) is 0 Å². The van der Waals surface area contributed by atoms with Crippen molar-refractivity contribution in [2.24, 2.45) is 4.99 Å². The summed E-state index contributed by atoms with van der Waals surface area (Å²) >= 11 is 0. The smallest absolute Gasteiger partial charge is 0.191 e. The van der Waals surface area contributed by atoms with Gasteiger partial charge in [0.1, 0.15) is 12.4 Å². The fourth-order valence-electron chi connectivity index (χ4n) is 2.89. The molecule has 164 valence electrons. The van der Waals surface area contributed by atoms with Gasteiger partial charge in [0.05, 0.1) is 19.3 Å².